The maximum absolute atomic E-state index is 4.65. The molecule has 3 nitrogen and oxygen atoms in total. The Hall–Kier alpha value is -0.610. The highest BCUT2D eigenvalue weighted by molar-refractivity contribution is 7.15. The van der Waals surface area contributed by atoms with Crippen molar-refractivity contribution in [1.29, 1.82) is 0 Å². The molecule has 0 amide bonds. The summed E-state index contributed by atoms with van der Waals surface area (Å²) >= 11 is 1.85. The average molecular weight is 295 g/mol. The largest absolute Gasteiger partial charge is 0.348 e. The van der Waals surface area contributed by atoms with Gasteiger partial charge in [0.05, 0.1) is 0 Å². The predicted octanol–water partition coefficient (Wildman–Crippen LogP) is 4.22. The minimum absolute atomic E-state index is 0.417. The van der Waals surface area contributed by atoms with Crippen molar-refractivity contribution in [1.82, 2.24) is 10.3 Å². The third-order valence-electron chi connectivity index (χ3n) is 4.40. The fraction of sp³-hybridized carbons (Fsp3) is 0.812. The molecule has 0 spiro atoms. The van der Waals surface area contributed by atoms with Gasteiger partial charge in [0.15, 0.2) is 5.13 Å². The third kappa shape index (κ3) is 3.95. The second-order valence-electron chi connectivity index (χ2n) is 6.26. The summed E-state index contributed by atoms with van der Waals surface area (Å²) in [5.74, 6) is 0.862. The maximum Gasteiger partial charge on any atom is 0.185 e. The van der Waals surface area contributed by atoms with Crippen molar-refractivity contribution in [2.24, 2.45) is 5.92 Å². The SMILES string of the molecule is CCCNC(C)c1cnc(N(C)C2CCCC(C)C2)s1. The number of nitrogens with one attached hydrogen (secondary N) is 1. The van der Waals surface area contributed by atoms with E-state index in [1.165, 1.54) is 42.1 Å². The smallest absolute Gasteiger partial charge is 0.185 e. The van der Waals surface area contributed by atoms with Crippen molar-refractivity contribution in [2.75, 3.05) is 18.5 Å². The summed E-state index contributed by atoms with van der Waals surface area (Å²) in [5, 5.41) is 4.72. The van der Waals surface area contributed by atoms with Crippen molar-refractivity contribution in [3.8, 4) is 0 Å². The normalized spacial score (nSPS) is 24.6. The summed E-state index contributed by atoms with van der Waals surface area (Å²) in [6, 6.07) is 1.09. The van der Waals surface area contributed by atoms with Gasteiger partial charge in [-0.25, -0.2) is 4.98 Å². The van der Waals surface area contributed by atoms with Gasteiger partial charge in [-0.2, -0.15) is 0 Å². The van der Waals surface area contributed by atoms with Gasteiger partial charge in [0.25, 0.3) is 0 Å². The minimum atomic E-state index is 0.417. The predicted molar refractivity (Wildman–Crippen MR) is 88.6 cm³/mol. The molecule has 1 N–H and O–H groups in total. The Kier molecular flexibility index (Phi) is 5.85. The first-order valence-corrected chi connectivity index (χ1v) is 8.85. The summed E-state index contributed by atoms with van der Waals surface area (Å²) in [6.45, 7) is 7.89. The van der Waals surface area contributed by atoms with Crippen LogP contribution in [0.5, 0.6) is 0 Å². The summed E-state index contributed by atoms with van der Waals surface area (Å²) < 4.78 is 0. The van der Waals surface area contributed by atoms with E-state index in [9.17, 15) is 0 Å². The van der Waals surface area contributed by atoms with Crippen LogP contribution in [0, 0.1) is 5.92 Å². The van der Waals surface area contributed by atoms with Crippen LogP contribution < -0.4 is 10.2 Å². The Morgan fingerprint density at radius 3 is 3.00 bits per heavy atom. The van der Waals surface area contributed by atoms with Crippen molar-refractivity contribution < 1.29 is 0 Å². The van der Waals surface area contributed by atoms with E-state index in [1.54, 1.807) is 0 Å². The van der Waals surface area contributed by atoms with Crippen LogP contribution in [0.3, 0.4) is 0 Å². The van der Waals surface area contributed by atoms with Gasteiger partial charge in [-0.3, -0.25) is 0 Å². The molecule has 1 heterocycles. The Morgan fingerprint density at radius 2 is 2.30 bits per heavy atom. The molecule has 2 rings (SSSR count). The molecule has 1 aliphatic rings. The topological polar surface area (TPSA) is 28.2 Å². The molecular weight excluding hydrogens is 266 g/mol. The molecular formula is C16H29N3S. The number of rotatable bonds is 6. The highest BCUT2D eigenvalue weighted by Gasteiger charge is 2.24. The first kappa shape index (κ1) is 15.8. The van der Waals surface area contributed by atoms with Gasteiger partial charge in [0, 0.05) is 30.2 Å². The Labute approximate surface area is 127 Å². The van der Waals surface area contributed by atoms with Gasteiger partial charge >= 0.3 is 0 Å². The van der Waals surface area contributed by atoms with E-state index in [2.05, 4.69) is 49.2 Å². The third-order valence-corrected chi connectivity index (χ3v) is 5.67. The van der Waals surface area contributed by atoms with Gasteiger partial charge in [-0.1, -0.05) is 26.7 Å². The van der Waals surface area contributed by atoms with Crippen LogP contribution in [0.1, 0.15) is 63.8 Å². The lowest BCUT2D eigenvalue weighted by atomic mass is 9.86. The van der Waals surface area contributed by atoms with E-state index in [1.807, 2.05) is 11.3 Å². The number of aromatic nitrogens is 1. The molecule has 0 radical (unpaired) electrons. The zero-order valence-corrected chi connectivity index (χ0v) is 14.2. The molecule has 0 aromatic carbocycles. The van der Waals surface area contributed by atoms with E-state index in [-0.39, 0.29) is 0 Å². The average Bonchev–Trinajstić information content (AvgIpc) is 2.93. The highest BCUT2D eigenvalue weighted by atomic mass is 32.1. The van der Waals surface area contributed by atoms with Gasteiger partial charge in [-0.15, -0.1) is 11.3 Å². The summed E-state index contributed by atoms with van der Waals surface area (Å²) in [6.07, 6.45) is 8.62. The monoisotopic (exact) mass is 295 g/mol. The lowest BCUT2D eigenvalue weighted by molar-refractivity contribution is 0.336. The number of anilines is 1. The van der Waals surface area contributed by atoms with E-state index in [0.717, 1.165) is 12.5 Å². The number of hydrogen-bond donors (Lipinski definition) is 1. The quantitative estimate of drug-likeness (QED) is 0.851. The first-order valence-electron chi connectivity index (χ1n) is 8.03. The van der Waals surface area contributed by atoms with Crippen molar-refractivity contribution in [2.45, 2.75) is 65.0 Å². The lowest BCUT2D eigenvalue weighted by Crippen LogP contribution is -2.35. The molecule has 20 heavy (non-hydrogen) atoms. The standard InChI is InChI=1S/C16H29N3S/c1-5-9-17-13(3)15-11-18-16(20-15)19(4)14-8-6-7-12(2)10-14/h11-14,17H,5-10H2,1-4H3. The minimum Gasteiger partial charge on any atom is -0.348 e. The lowest BCUT2D eigenvalue weighted by Gasteiger charge is -2.33. The molecule has 3 atom stereocenters. The molecule has 4 heteroatoms. The van der Waals surface area contributed by atoms with E-state index >= 15 is 0 Å². The van der Waals surface area contributed by atoms with E-state index in [0.29, 0.717) is 12.1 Å². The highest BCUT2D eigenvalue weighted by Crippen LogP contribution is 2.33. The van der Waals surface area contributed by atoms with Crippen molar-refractivity contribution in [3.05, 3.63) is 11.1 Å². The van der Waals surface area contributed by atoms with Crippen LogP contribution in [0.15, 0.2) is 6.20 Å². The molecule has 1 aromatic heterocycles. The van der Waals surface area contributed by atoms with Crippen LogP contribution in [-0.4, -0.2) is 24.6 Å². The zero-order valence-electron chi connectivity index (χ0n) is 13.4. The number of thiazole rings is 1. The first-order chi connectivity index (χ1) is 9.61. The summed E-state index contributed by atoms with van der Waals surface area (Å²) in [5.41, 5.74) is 0. The van der Waals surface area contributed by atoms with E-state index in [4.69, 9.17) is 0 Å². The molecule has 1 saturated carbocycles. The van der Waals surface area contributed by atoms with Crippen LogP contribution >= 0.6 is 11.3 Å². The second kappa shape index (κ2) is 7.41. The molecule has 1 aromatic rings. The summed E-state index contributed by atoms with van der Waals surface area (Å²) in [7, 11) is 2.22. The fourth-order valence-electron chi connectivity index (χ4n) is 3.01. The molecule has 0 saturated heterocycles. The van der Waals surface area contributed by atoms with Crippen LogP contribution in [0.25, 0.3) is 0 Å². The Morgan fingerprint density at radius 1 is 1.50 bits per heavy atom. The molecule has 114 valence electrons. The maximum atomic E-state index is 4.65. The van der Waals surface area contributed by atoms with Crippen LogP contribution in [0.4, 0.5) is 5.13 Å². The zero-order chi connectivity index (χ0) is 14.5. The summed E-state index contributed by atoms with van der Waals surface area (Å²) in [4.78, 5) is 8.41. The van der Waals surface area contributed by atoms with Crippen molar-refractivity contribution >= 4 is 16.5 Å². The Bertz CT molecular complexity index is 404. The molecule has 0 aliphatic heterocycles. The number of hydrogen-bond acceptors (Lipinski definition) is 4. The second-order valence-corrected chi connectivity index (χ2v) is 7.30. The molecule has 1 fully saturated rings. The Balaban J connectivity index is 1.96. The molecule has 1 aliphatic carbocycles. The van der Waals surface area contributed by atoms with Crippen molar-refractivity contribution in [3.63, 3.8) is 0 Å². The van der Waals surface area contributed by atoms with E-state index < -0.39 is 0 Å². The van der Waals surface area contributed by atoms with Gasteiger partial charge < -0.3 is 10.2 Å². The molecule has 3 unspecified atom stereocenters. The molecule has 0 bridgehead atoms. The van der Waals surface area contributed by atoms with Crippen LogP contribution in [-0.2, 0) is 0 Å². The van der Waals surface area contributed by atoms with Crippen LogP contribution in [0.2, 0.25) is 0 Å². The van der Waals surface area contributed by atoms with Gasteiger partial charge in [0.2, 0.25) is 0 Å². The number of nitrogens with zero attached hydrogens (tertiary/aromatic N) is 2. The van der Waals surface area contributed by atoms with Gasteiger partial charge in [0.1, 0.15) is 0 Å². The fourth-order valence-corrected chi connectivity index (χ4v) is 3.99. The van der Waals surface area contributed by atoms with Gasteiger partial charge in [-0.05, 0) is 38.6 Å².